The quantitative estimate of drug-likeness (QED) is 0.373. The van der Waals surface area contributed by atoms with Crippen LogP contribution in [0.2, 0.25) is 0 Å². The molecule has 0 aromatic heterocycles. The van der Waals surface area contributed by atoms with Gasteiger partial charge in [-0.25, -0.2) is 4.79 Å². The van der Waals surface area contributed by atoms with Crippen LogP contribution in [0.25, 0.3) is 0 Å². The lowest BCUT2D eigenvalue weighted by molar-refractivity contribution is 0.0410. The van der Waals surface area contributed by atoms with Gasteiger partial charge in [0.05, 0.1) is 26.4 Å². The zero-order valence-corrected chi connectivity index (χ0v) is 11.8. The topological polar surface area (TPSA) is 107 Å². The van der Waals surface area contributed by atoms with Crippen LogP contribution < -0.4 is 10.2 Å². The van der Waals surface area contributed by atoms with E-state index < -0.39 is 11.7 Å². The van der Waals surface area contributed by atoms with Crippen molar-refractivity contribution in [2.24, 2.45) is 5.11 Å². The summed E-state index contributed by atoms with van der Waals surface area (Å²) in [7, 11) is 0. The van der Waals surface area contributed by atoms with Gasteiger partial charge in [0, 0.05) is 6.54 Å². The molecule has 0 saturated heterocycles. The molecule has 1 amide bonds. The molecule has 0 aromatic carbocycles. The summed E-state index contributed by atoms with van der Waals surface area (Å²) in [6.45, 7) is 7.89. The lowest BCUT2D eigenvalue weighted by Gasteiger charge is -2.19. The average Bonchev–Trinajstić information content (AvgIpc) is 2.29. The summed E-state index contributed by atoms with van der Waals surface area (Å²) in [6.07, 6.45) is -0.451. The number of nitrogens with zero attached hydrogens (tertiary/aromatic N) is 2. The van der Waals surface area contributed by atoms with E-state index in [9.17, 15) is 4.79 Å². The summed E-state index contributed by atoms with van der Waals surface area (Å²) in [6, 6.07) is 0. The predicted molar refractivity (Wildman–Crippen MR) is 68.0 cm³/mol. The first-order chi connectivity index (χ1) is 8.95. The normalized spacial score (nSPS) is 10.7. The number of carbonyl (C=O) groups is 1. The van der Waals surface area contributed by atoms with Crippen molar-refractivity contribution in [1.82, 2.24) is 10.2 Å². The molecular formula is C11H23N4O4+. The highest BCUT2D eigenvalue weighted by Gasteiger charge is 2.15. The summed E-state index contributed by atoms with van der Waals surface area (Å²) >= 11 is 0. The van der Waals surface area contributed by atoms with Gasteiger partial charge < -0.3 is 19.5 Å². The Morgan fingerprint density at radius 2 is 1.84 bits per heavy atom. The van der Waals surface area contributed by atoms with Crippen molar-refractivity contribution in [2.75, 3.05) is 39.5 Å². The van der Waals surface area contributed by atoms with Gasteiger partial charge in [0.1, 0.15) is 22.8 Å². The van der Waals surface area contributed by atoms with Gasteiger partial charge in [-0.3, -0.25) is 0 Å². The number of nitrogens with one attached hydrogen (secondary N) is 2. The highest BCUT2D eigenvalue weighted by Crippen LogP contribution is 2.05. The molecule has 0 unspecified atom stereocenters. The van der Waals surface area contributed by atoms with Gasteiger partial charge in [0.15, 0.2) is 0 Å². The van der Waals surface area contributed by atoms with Crippen LogP contribution in [0.3, 0.4) is 0 Å². The second kappa shape index (κ2) is 10.4. The Hall–Kier alpha value is -1.50. The maximum absolute atomic E-state index is 11.2. The molecule has 110 valence electrons. The van der Waals surface area contributed by atoms with Crippen LogP contribution in [0.1, 0.15) is 20.8 Å². The minimum absolute atomic E-state index is 0.379. The molecule has 19 heavy (non-hydrogen) atoms. The Balaban J connectivity index is 3.27. The Morgan fingerprint density at radius 1 is 1.21 bits per heavy atom. The number of alkyl carbamates (subject to hydrolysis) is 1. The zero-order chi connectivity index (χ0) is 14.6. The Kier molecular flexibility index (Phi) is 9.60. The average molecular weight is 275 g/mol. The van der Waals surface area contributed by atoms with E-state index >= 15 is 0 Å². The molecule has 0 aromatic rings. The fourth-order valence-electron chi connectivity index (χ4n) is 1.02. The van der Waals surface area contributed by atoms with E-state index in [1.165, 1.54) is 0 Å². The maximum Gasteiger partial charge on any atom is 0.407 e. The Labute approximate surface area is 113 Å². The van der Waals surface area contributed by atoms with Crippen LogP contribution in [0.15, 0.2) is 5.11 Å². The third kappa shape index (κ3) is 14.4. The molecule has 8 nitrogen and oxygen atoms in total. The second-order valence-corrected chi connectivity index (χ2v) is 4.62. The van der Waals surface area contributed by atoms with E-state index in [4.69, 9.17) is 19.7 Å². The van der Waals surface area contributed by atoms with Crippen LogP contribution in [0.4, 0.5) is 4.79 Å². The van der Waals surface area contributed by atoms with Crippen molar-refractivity contribution in [2.45, 2.75) is 26.4 Å². The summed E-state index contributed by atoms with van der Waals surface area (Å²) in [5, 5.41) is 6.01. The summed E-state index contributed by atoms with van der Waals surface area (Å²) in [4.78, 5) is 14.1. The van der Waals surface area contributed by atoms with Gasteiger partial charge in [-0.05, 0) is 20.8 Å². The molecule has 0 aliphatic rings. The van der Waals surface area contributed by atoms with Crippen LogP contribution in [-0.4, -0.2) is 51.2 Å². The molecule has 0 heterocycles. The highest BCUT2D eigenvalue weighted by molar-refractivity contribution is 5.67. The van der Waals surface area contributed by atoms with E-state index in [0.29, 0.717) is 39.5 Å². The van der Waals surface area contributed by atoms with Crippen LogP contribution in [0, 0.1) is 5.53 Å². The van der Waals surface area contributed by atoms with Crippen LogP contribution in [0.5, 0.6) is 0 Å². The van der Waals surface area contributed by atoms with E-state index in [0.717, 1.165) is 0 Å². The standard InChI is InChI=1S/C11H22N4O4/c1-11(2,3)19-10(16)13-4-6-17-8-9-18-7-5-14-15-12/h12H,4-9H2,1-3H3/p+1. The SMILES string of the molecule is CC(C)(C)OC(=O)NCCOCCOCCN=[N+]=N. The Bertz CT molecular complexity index is 298. The largest absolute Gasteiger partial charge is 0.444 e. The monoisotopic (exact) mass is 275 g/mol. The molecule has 0 fully saturated rings. The van der Waals surface area contributed by atoms with Gasteiger partial charge >= 0.3 is 6.09 Å². The van der Waals surface area contributed by atoms with Gasteiger partial charge in [0.25, 0.3) is 0 Å². The van der Waals surface area contributed by atoms with Gasteiger partial charge in [0.2, 0.25) is 4.91 Å². The van der Waals surface area contributed by atoms with Crippen molar-refractivity contribution in [1.29, 1.82) is 5.53 Å². The summed E-state index contributed by atoms with van der Waals surface area (Å²) < 4.78 is 15.4. The molecule has 0 spiro atoms. The lowest BCUT2D eigenvalue weighted by Crippen LogP contribution is -2.34. The van der Waals surface area contributed by atoms with E-state index in [-0.39, 0.29) is 0 Å². The molecule has 8 heteroatoms. The molecule has 0 radical (unpaired) electrons. The van der Waals surface area contributed by atoms with Gasteiger partial charge in [-0.1, -0.05) is 0 Å². The van der Waals surface area contributed by atoms with E-state index in [1.807, 2.05) is 0 Å². The first-order valence-electron chi connectivity index (χ1n) is 6.11. The summed E-state index contributed by atoms with van der Waals surface area (Å²) in [5.74, 6) is 0. The number of amides is 1. The van der Waals surface area contributed by atoms with Crippen molar-refractivity contribution in [3.05, 3.63) is 0 Å². The highest BCUT2D eigenvalue weighted by atomic mass is 16.6. The molecule has 0 aliphatic heterocycles. The molecule has 0 atom stereocenters. The number of hydrogen-bond donors (Lipinski definition) is 2. The first kappa shape index (κ1) is 17.5. The van der Waals surface area contributed by atoms with Crippen molar-refractivity contribution in [3.63, 3.8) is 0 Å². The molecule has 0 saturated carbocycles. The predicted octanol–water partition coefficient (Wildman–Crippen LogP) is 1.09. The number of hydrogen-bond acceptors (Lipinski definition) is 6. The fraction of sp³-hybridized carbons (Fsp3) is 0.909. The van der Waals surface area contributed by atoms with Crippen LogP contribution >= 0.6 is 0 Å². The van der Waals surface area contributed by atoms with Gasteiger partial charge in [-0.2, -0.15) is 0 Å². The third-order valence-corrected chi connectivity index (χ3v) is 1.69. The van der Waals surface area contributed by atoms with Crippen molar-refractivity contribution >= 4 is 6.09 Å². The fourth-order valence-corrected chi connectivity index (χ4v) is 1.02. The lowest BCUT2D eigenvalue weighted by atomic mass is 10.2. The van der Waals surface area contributed by atoms with E-state index in [2.05, 4.69) is 15.3 Å². The number of ether oxygens (including phenoxy) is 3. The molecule has 0 rings (SSSR count). The molecule has 2 N–H and O–H groups in total. The summed E-state index contributed by atoms with van der Waals surface area (Å²) in [5.41, 5.74) is 5.93. The van der Waals surface area contributed by atoms with Crippen molar-refractivity contribution in [3.8, 4) is 0 Å². The first-order valence-corrected chi connectivity index (χ1v) is 6.11. The maximum atomic E-state index is 11.2. The number of carbonyl (C=O) groups excluding carboxylic acids is 1. The third-order valence-electron chi connectivity index (χ3n) is 1.69. The smallest absolute Gasteiger partial charge is 0.407 e. The molecule has 0 aliphatic carbocycles. The second-order valence-electron chi connectivity index (χ2n) is 4.62. The minimum Gasteiger partial charge on any atom is -0.444 e. The van der Waals surface area contributed by atoms with Gasteiger partial charge in [-0.15, -0.1) is 0 Å². The number of rotatable bonds is 9. The van der Waals surface area contributed by atoms with E-state index in [1.54, 1.807) is 20.8 Å². The molecular weight excluding hydrogens is 252 g/mol. The minimum atomic E-state index is -0.491. The zero-order valence-electron chi connectivity index (χ0n) is 11.8. The molecule has 0 bridgehead atoms. The van der Waals surface area contributed by atoms with Crippen molar-refractivity contribution < 1.29 is 19.0 Å². The Morgan fingerprint density at radius 3 is 2.42 bits per heavy atom. The van der Waals surface area contributed by atoms with Crippen LogP contribution in [-0.2, 0) is 14.2 Å².